The molecule has 2 fully saturated rings. The van der Waals surface area contributed by atoms with Gasteiger partial charge in [-0.05, 0) is 37.8 Å². The highest BCUT2D eigenvalue weighted by Gasteiger charge is 2.47. The van der Waals surface area contributed by atoms with Crippen LogP contribution >= 0.6 is 0 Å². The summed E-state index contributed by atoms with van der Waals surface area (Å²) in [4.78, 5) is 31.2. The average molecular weight is 532 g/mol. The summed E-state index contributed by atoms with van der Waals surface area (Å²) in [5.41, 5.74) is 0.916. The van der Waals surface area contributed by atoms with Crippen molar-refractivity contribution in [3.63, 3.8) is 0 Å². The number of fused-ring (bicyclic) bond motifs is 2. The molecule has 5 heterocycles. The molecule has 3 N–H and O–H groups in total. The number of rotatable bonds is 7. The predicted molar refractivity (Wildman–Crippen MR) is 142 cm³/mol. The minimum atomic E-state index is -0.288. The number of anilines is 3. The van der Waals surface area contributed by atoms with Crippen molar-refractivity contribution in [2.45, 2.75) is 44.4 Å². The first kappa shape index (κ1) is 23.7. The normalized spacial score (nSPS) is 20.7. The third kappa shape index (κ3) is 4.00. The largest absolute Gasteiger partial charge is 0.477 e. The predicted octanol–water partition coefficient (Wildman–Crippen LogP) is 1.94. The van der Waals surface area contributed by atoms with Crippen molar-refractivity contribution in [1.29, 1.82) is 0 Å². The van der Waals surface area contributed by atoms with Crippen molar-refractivity contribution in [2.75, 3.05) is 31.4 Å². The summed E-state index contributed by atoms with van der Waals surface area (Å²) >= 11 is 0. The first-order valence-corrected chi connectivity index (χ1v) is 13.1. The number of amides is 1. The molecule has 202 valence electrons. The van der Waals surface area contributed by atoms with Crippen LogP contribution in [0.3, 0.4) is 0 Å². The van der Waals surface area contributed by atoms with E-state index in [1.807, 2.05) is 4.68 Å². The molecule has 0 radical (unpaired) electrons. The van der Waals surface area contributed by atoms with E-state index in [4.69, 9.17) is 9.47 Å². The molecule has 0 bridgehead atoms. The first-order valence-electron chi connectivity index (χ1n) is 13.1. The quantitative estimate of drug-likeness (QED) is 0.326. The zero-order valence-corrected chi connectivity index (χ0v) is 21.7. The lowest BCUT2D eigenvalue weighted by Crippen LogP contribution is -2.51. The van der Waals surface area contributed by atoms with E-state index in [9.17, 15) is 9.59 Å². The molecular formula is C26H29N9O4. The van der Waals surface area contributed by atoms with Crippen LogP contribution in [-0.4, -0.2) is 67.8 Å². The van der Waals surface area contributed by atoms with Gasteiger partial charge in [0.15, 0.2) is 11.5 Å². The van der Waals surface area contributed by atoms with E-state index in [-0.39, 0.29) is 29.0 Å². The Morgan fingerprint density at radius 1 is 1.26 bits per heavy atom. The van der Waals surface area contributed by atoms with Gasteiger partial charge in [0.2, 0.25) is 5.88 Å². The molecule has 13 heteroatoms. The van der Waals surface area contributed by atoms with Gasteiger partial charge in [0.1, 0.15) is 22.9 Å². The minimum Gasteiger partial charge on any atom is -0.477 e. The maximum atomic E-state index is 13.5. The molecule has 1 spiro atoms. The van der Waals surface area contributed by atoms with Gasteiger partial charge in [-0.25, -0.2) is 9.67 Å². The van der Waals surface area contributed by atoms with Crippen LogP contribution in [-0.2, 0) is 11.3 Å². The van der Waals surface area contributed by atoms with Crippen molar-refractivity contribution < 1.29 is 14.3 Å². The second-order valence-electron chi connectivity index (χ2n) is 10.5. The van der Waals surface area contributed by atoms with Gasteiger partial charge in [-0.1, -0.05) is 0 Å². The molecule has 1 aliphatic heterocycles. The topological polar surface area (TPSA) is 142 Å². The van der Waals surface area contributed by atoms with E-state index in [1.54, 1.807) is 49.1 Å². The number of nitrogens with one attached hydrogen (secondary N) is 3. The fourth-order valence-corrected chi connectivity index (χ4v) is 5.24. The summed E-state index contributed by atoms with van der Waals surface area (Å²) in [6.07, 6.45) is 7.24. The third-order valence-electron chi connectivity index (χ3n) is 7.96. The first-order chi connectivity index (χ1) is 19.0. The van der Waals surface area contributed by atoms with Gasteiger partial charge in [0.25, 0.3) is 11.5 Å². The summed E-state index contributed by atoms with van der Waals surface area (Å²) in [5, 5.41) is 18.2. The lowest BCUT2D eigenvalue weighted by Gasteiger charge is -2.35. The second kappa shape index (κ2) is 8.83. The van der Waals surface area contributed by atoms with Crippen LogP contribution < -0.4 is 26.2 Å². The summed E-state index contributed by atoms with van der Waals surface area (Å²) in [6, 6.07) is 6.92. The Labute approximate surface area is 223 Å². The van der Waals surface area contributed by atoms with Crippen LogP contribution in [0.4, 0.5) is 17.3 Å². The fraction of sp³-hybridized carbons (Fsp3) is 0.423. The number of methoxy groups -OCH3 is 1. The highest BCUT2D eigenvalue weighted by molar-refractivity contribution is 6.00. The number of carbonyl (C=O) groups excluding carboxylic acids is 1. The Morgan fingerprint density at radius 2 is 2.13 bits per heavy atom. The van der Waals surface area contributed by atoms with Gasteiger partial charge in [0, 0.05) is 37.9 Å². The van der Waals surface area contributed by atoms with E-state index in [2.05, 4.69) is 31.1 Å². The molecule has 4 aromatic heterocycles. The molecule has 2 atom stereocenters. The smallest absolute Gasteiger partial charge is 0.280 e. The van der Waals surface area contributed by atoms with Crippen LogP contribution in [0.15, 0.2) is 41.5 Å². The van der Waals surface area contributed by atoms with Gasteiger partial charge < -0.3 is 25.4 Å². The molecule has 2 saturated carbocycles. The van der Waals surface area contributed by atoms with E-state index < -0.39 is 0 Å². The van der Waals surface area contributed by atoms with Crippen molar-refractivity contribution in [2.24, 2.45) is 5.41 Å². The van der Waals surface area contributed by atoms with Gasteiger partial charge in [-0.3, -0.25) is 14.2 Å². The van der Waals surface area contributed by atoms with E-state index in [1.165, 1.54) is 10.8 Å². The Morgan fingerprint density at radius 3 is 2.87 bits per heavy atom. The van der Waals surface area contributed by atoms with Crippen LogP contribution in [0, 0.1) is 5.41 Å². The molecule has 0 aromatic carbocycles. The average Bonchev–Trinajstić information content (AvgIpc) is 3.32. The zero-order valence-electron chi connectivity index (χ0n) is 21.7. The Kier molecular flexibility index (Phi) is 5.37. The Bertz CT molecular complexity index is 1650. The number of aromatic nitrogens is 6. The van der Waals surface area contributed by atoms with E-state index in [0.717, 1.165) is 32.2 Å². The molecule has 7 rings (SSSR count). The summed E-state index contributed by atoms with van der Waals surface area (Å²) in [7, 11) is 3.40. The number of hydrogen-bond acceptors (Lipinski definition) is 9. The number of nitrogens with zero attached hydrogens (tertiary/aromatic N) is 6. The summed E-state index contributed by atoms with van der Waals surface area (Å²) < 4.78 is 16.2. The van der Waals surface area contributed by atoms with Gasteiger partial charge in [-0.15, -0.1) is 0 Å². The van der Waals surface area contributed by atoms with Crippen molar-refractivity contribution in [3.8, 4) is 11.7 Å². The number of ether oxygens (including phenoxy) is 2. The molecular weight excluding hydrogens is 502 g/mol. The molecule has 4 aromatic rings. The third-order valence-corrected chi connectivity index (χ3v) is 7.96. The van der Waals surface area contributed by atoms with Gasteiger partial charge in [-0.2, -0.15) is 14.7 Å². The minimum absolute atomic E-state index is 0.0105. The molecule has 0 unspecified atom stereocenters. The molecule has 39 heavy (non-hydrogen) atoms. The lowest BCUT2D eigenvalue weighted by molar-refractivity contribution is 0.00732. The van der Waals surface area contributed by atoms with E-state index >= 15 is 0 Å². The lowest BCUT2D eigenvalue weighted by atomic mass is 9.89. The zero-order chi connectivity index (χ0) is 26.7. The van der Waals surface area contributed by atoms with Crippen molar-refractivity contribution in [3.05, 3.63) is 52.6 Å². The van der Waals surface area contributed by atoms with Gasteiger partial charge in [0.05, 0.1) is 31.5 Å². The molecule has 0 saturated heterocycles. The number of carbonyl (C=O) groups is 1. The second-order valence-corrected chi connectivity index (χ2v) is 10.5. The van der Waals surface area contributed by atoms with Crippen LogP contribution in [0.1, 0.15) is 36.0 Å². The van der Waals surface area contributed by atoms with Crippen LogP contribution in [0.5, 0.6) is 5.88 Å². The number of hydrogen-bond donors (Lipinski definition) is 3. The van der Waals surface area contributed by atoms with Crippen LogP contribution in [0.2, 0.25) is 0 Å². The van der Waals surface area contributed by atoms with Crippen LogP contribution in [0.25, 0.3) is 11.5 Å². The SMILES string of the molecule is CNc1cc(Nc2cccn(-c3cc4n(n3)CC3(CC3)CO4)c2=O)nc2c(C(=O)N[C@@H]3CC[C@H]3OC)cnn12. The maximum absolute atomic E-state index is 13.5. The maximum Gasteiger partial charge on any atom is 0.280 e. The fourth-order valence-electron chi connectivity index (χ4n) is 5.24. The highest BCUT2D eigenvalue weighted by Crippen LogP contribution is 2.50. The Hall–Kier alpha value is -4.39. The standard InChI is InChI=1S/C26H29N9O4/c1-27-20-10-19(31-23-15(12-28-35(20)23)24(36)30-16-5-6-18(16)38-2)29-17-4-3-9-33(25(17)37)21-11-22-34(32-21)13-26(7-8-26)14-39-22/h3-4,9-12,16,18,27H,5-8,13-14H2,1-2H3,(H,29,31)(H,30,36)/t16-,18-/m1/s1. The molecule has 1 amide bonds. The highest BCUT2D eigenvalue weighted by atomic mass is 16.5. The van der Waals surface area contributed by atoms with Crippen molar-refractivity contribution >= 4 is 28.9 Å². The Balaban J connectivity index is 1.19. The van der Waals surface area contributed by atoms with E-state index in [0.29, 0.717) is 46.8 Å². The molecule has 2 aliphatic carbocycles. The number of pyridine rings is 1. The molecule has 13 nitrogen and oxygen atoms in total. The summed E-state index contributed by atoms with van der Waals surface area (Å²) in [6.45, 7) is 1.50. The summed E-state index contributed by atoms with van der Waals surface area (Å²) in [5.74, 6) is 1.88. The monoisotopic (exact) mass is 531 g/mol. The molecule has 3 aliphatic rings. The van der Waals surface area contributed by atoms with Crippen molar-refractivity contribution in [1.82, 2.24) is 34.3 Å². The van der Waals surface area contributed by atoms with Gasteiger partial charge >= 0.3 is 0 Å².